The van der Waals surface area contributed by atoms with E-state index in [4.69, 9.17) is 9.63 Å². The summed E-state index contributed by atoms with van der Waals surface area (Å²) in [4.78, 5) is 11.1. The lowest BCUT2D eigenvalue weighted by Gasteiger charge is -2.01. The molecule has 0 atom stereocenters. The Balaban J connectivity index is 3.00. The van der Waals surface area contributed by atoms with Gasteiger partial charge in [-0.2, -0.15) is 0 Å². The third-order valence-electron chi connectivity index (χ3n) is 2.13. The third-order valence-corrected chi connectivity index (χ3v) is 2.13. The summed E-state index contributed by atoms with van der Waals surface area (Å²) < 4.78 is 5.09. The fourth-order valence-electron chi connectivity index (χ4n) is 1.52. The molecule has 0 aliphatic heterocycles. The van der Waals surface area contributed by atoms with Crippen molar-refractivity contribution in [3.05, 3.63) is 17.0 Å². The molecule has 15 heavy (non-hydrogen) atoms. The maximum atomic E-state index is 11.1. The molecular formula is C11H17NO3. The molecule has 4 nitrogen and oxygen atoms in total. The Morgan fingerprint density at radius 3 is 2.67 bits per heavy atom. The van der Waals surface area contributed by atoms with E-state index in [2.05, 4.69) is 5.16 Å². The van der Waals surface area contributed by atoms with Crippen LogP contribution < -0.4 is 0 Å². The molecule has 0 fully saturated rings. The van der Waals surface area contributed by atoms with Crippen molar-refractivity contribution in [2.45, 2.75) is 40.0 Å². The van der Waals surface area contributed by atoms with E-state index in [0.717, 1.165) is 6.42 Å². The molecule has 0 aliphatic rings. The zero-order chi connectivity index (χ0) is 11.4. The molecule has 4 heteroatoms. The summed E-state index contributed by atoms with van der Waals surface area (Å²) in [7, 11) is 0. The van der Waals surface area contributed by atoms with E-state index in [0.29, 0.717) is 30.2 Å². The number of carboxylic acids is 1. The maximum absolute atomic E-state index is 11.1. The van der Waals surface area contributed by atoms with E-state index < -0.39 is 5.97 Å². The van der Waals surface area contributed by atoms with Crippen LogP contribution in [-0.4, -0.2) is 16.2 Å². The Labute approximate surface area is 89.3 Å². The van der Waals surface area contributed by atoms with Crippen molar-refractivity contribution in [2.75, 3.05) is 0 Å². The van der Waals surface area contributed by atoms with Gasteiger partial charge in [-0.25, -0.2) is 4.79 Å². The average Bonchev–Trinajstić information content (AvgIpc) is 2.47. The monoisotopic (exact) mass is 211 g/mol. The predicted octanol–water partition coefficient (Wildman–Crippen LogP) is 2.52. The molecule has 0 unspecified atom stereocenters. The summed E-state index contributed by atoms with van der Waals surface area (Å²) >= 11 is 0. The predicted molar refractivity (Wildman–Crippen MR) is 56.0 cm³/mol. The molecule has 0 bridgehead atoms. The third kappa shape index (κ3) is 2.81. The number of carboxylic acid groups (broad SMARTS) is 1. The molecule has 0 spiro atoms. The first-order valence-corrected chi connectivity index (χ1v) is 5.27. The van der Waals surface area contributed by atoms with Crippen LogP contribution in [0.4, 0.5) is 0 Å². The van der Waals surface area contributed by atoms with Crippen molar-refractivity contribution in [1.29, 1.82) is 0 Å². The lowest BCUT2D eigenvalue weighted by molar-refractivity contribution is 0.0693. The summed E-state index contributed by atoms with van der Waals surface area (Å²) in [6.07, 6.45) is 2.15. The van der Waals surface area contributed by atoms with Crippen LogP contribution in [0.15, 0.2) is 4.52 Å². The van der Waals surface area contributed by atoms with Crippen LogP contribution in [-0.2, 0) is 12.8 Å². The van der Waals surface area contributed by atoms with Crippen LogP contribution in [0.1, 0.15) is 49.0 Å². The Kier molecular flexibility index (Phi) is 3.88. The van der Waals surface area contributed by atoms with E-state index in [-0.39, 0.29) is 5.56 Å². The second kappa shape index (κ2) is 4.96. The van der Waals surface area contributed by atoms with E-state index in [1.54, 1.807) is 0 Å². The minimum atomic E-state index is -0.935. The fraction of sp³-hybridized carbons (Fsp3) is 0.636. The van der Waals surface area contributed by atoms with E-state index in [9.17, 15) is 4.79 Å². The highest BCUT2D eigenvalue weighted by molar-refractivity contribution is 5.89. The van der Waals surface area contributed by atoms with Crippen LogP contribution in [0.2, 0.25) is 0 Å². The van der Waals surface area contributed by atoms with E-state index in [1.807, 2.05) is 20.8 Å². The van der Waals surface area contributed by atoms with Gasteiger partial charge in [-0.05, 0) is 12.3 Å². The number of aromatic carboxylic acids is 1. The van der Waals surface area contributed by atoms with Gasteiger partial charge < -0.3 is 9.63 Å². The first-order chi connectivity index (χ1) is 7.06. The number of carbonyl (C=O) groups is 1. The van der Waals surface area contributed by atoms with Gasteiger partial charge >= 0.3 is 5.97 Å². The highest BCUT2D eigenvalue weighted by Crippen LogP contribution is 2.19. The zero-order valence-electron chi connectivity index (χ0n) is 9.41. The topological polar surface area (TPSA) is 63.3 Å². The lowest BCUT2D eigenvalue weighted by Crippen LogP contribution is -2.05. The molecule has 0 saturated carbocycles. The number of hydrogen-bond donors (Lipinski definition) is 1. The average molecular weight is 211 g/mol. The van der Waals surface area contributed by atoms with Crippen molar-refractivity contribution < 1.29 is 14.4 Å². The molecule has 84 valence electrons. The van der Waals surface area contributed by atoms with Crippen molar-refractivity contribution >= 4 is 5.97 Å². The van der Waals surface area contributed by atoms with Crippen molar-refractivity contribution in [1.82, 2.24) is 5.16 Å². The van der Waals surface area contributed by atoms with E-state index >= 15 is 0 Å². The summed E-state index contributed by atoms with van der Waals surface area (Å²) in [5.41, 5.74) is 0.839. The smallest absolute Gasteiger partial charge is 0.341 e. The van der Waals surface area contributed by atoms with E-state index in [1.165, 1.54) is 0 Å². The van der Waals surface area contributed by atoms with Crippen molar-refractivity contribution in [2.24, 2.45) is 5.92 Å². The molecule has 0 radical (unpaired) electrons. The standard InChI is InChI=1S/C11H17NO3/c1-4-5-8-10(11(13)14)9(15-12-8)6-7(2)3/h7H,4-6H2,1-3H3,(H,13,14). The SMILES string of the molecule is CCCc1noc(CC(C)C)c1C(=O)O. The Morgan fingerprint density at radius 2 is 2.20 bits per heavy atom. The van der Waals surface area contributed by atoms with Gasteiger partial charge in [-0.1, -0.05) is 32.3 Å². The van der Waals surface area contributed by atoms with Crippen molar-refractivity contribution in [3.63, 3.8) is 0 Å². The highest BCUT2D eigenvalue weighted by atomic mass is 16.5. The lowest BCUT2D eigenvalue weighted by atomic mass is 10.0. The second-order valence-electron chi connectivity index (χ2n) is 4.08. The van der Waals surface area contributed by atoms with Crippen LogP contribution >= 0.6 is 0 Å². The normalized spacial score (nSPS) is 10.9. The van der Waals surface area contributed by atoms with Crippen LogP contribution in [0, 0.1) is 5.92 Å². The molecule has 1 heterocycles. The van der Waals surface area contributed by atoms with Crippen LogP contribution in [0.25, 0.3) is 0 Å². The minimum Gasteiger partial charge on any atom is -0.477 e. The summed E-state index contributed by atoms with van der Waals surface area (Å²) in [5, 5.41) is 12.9. The van der Waals surface area contributed by atoms with Crippen LogP contribution in [0.5, 0.6) is 0 Å². The second-order valence-corrected chi connectivity index (χ2v) is 4.08. The van der Waals surface area contributed by atoms with Gasteiger partial charge in [0, 0.05) is 6.42 Å². The molecule has 0 amide bonds. The van der Waals surface area contributed by atoms with Gasteiger partial charge in [0.2, 0.25) is 0 Å². The number of aryl methyl sites for hydroxylation is 1. The zero-order valence-corrected chi connectivity index (χ0v) is 9.41. The van der Waals surface area contributed by atoms with Gasteiger partial charge in [0.1, 0.15) is 5.56 Å². The van der Waals surface area contributed by atoms with Gasteiger partial charge in [0.05, 0.1) is 5.69 Å². The largest absolute Gasteiger partial charge is 0.477 e. The molecular weight excluding hydrogens is 194 g/mol. The molecule has 1 rings (SSSR count). The fourth-order valence-corrected chi connectivity index (χ4v) is 1.52. The van der Waals surface area contributed by atoms with Gasteiger partial charge in [0.25, 0.3) is 0 Å². The Bertz CT molecular complexity index is 342. The Hall–Kier alpha value is -1.32. The number of hydrogen-bond acceptors (Lipinski definition) is 3. The Morgan fingerprint density at radius 1 is 1.53 bits per heavy atom. The maximum Gasteiger partial charge on any atom is 0.341 e. The van der Waals surface area contributed by atoms with Gasteiger partial charge in [-0.3, -0.25) is 0 Å². The number of aromatic nitrogens is 1. The number of rotatable bonds is 5. The molecule has 1 aromatic rings. The molecule has 0 saturated heterocycles. The van der Waals surface area contributed by atoms with Crippen molar-refractivity contribution in [3.8, 4) is 0 Å². The summed E-state index contributed by atoms with van der Waals surface area (Å²) in [5.74, 6) is -0.0678. The quantitative estimate of drug-likeness (QED) is 0.812. The molecule has 0 aromatic carbocycles. The molecule has 0 aliphatic carbocycles. The summed E-state index contributed by atoms with van der Waals surface area (Å²) in [6, 6.07) is 0. The summed E-state index contributed by atoms with van der Waals surface area (Å²) in [6.45, 7) is 6.03. The number of nitrogens with zero attached hydrogens (tertiary/aromatic N) is 1. The minimum absolute atomic E-state index is 0.269. The van der Waals surface area contributed by atoms with Crippen LogP contribution in [0.3, 0.4) is 0 Å². The molecule has 1 aromatic heterocycles. The first kappa shape index (κ1) is 11.8. The molecule has 1 N–H and O–H groups in total. The van der Waals surface area contributed by atoms with Gasteiger partial charge in [-0.15, -0.1) is 0 Å². The first-order valence-electron chi connectivity index (χ1n) is 5.27. The van der Waals surface area contributed by atoms with Gasteiger partial charge in [0.15, 0.2) is 5.76 Å². The highest BCUT2D eigenvalue weighted by Gasteiger charge is 2.21.